The van der Waals surface area contributed by atoms with Gasteiger partial charge in [0.25, 0.3) is 0 Å². The lowest BCUT2D eigenvalue weighted by Gasteiger charge is -2.22. The Kier molecular flexibility index (Phi) is 6.59. The highest BCUT2D eigenvalue weighted by atomic mass is 32.2. The Balaban J connectivity index is 1.33. The number of rotatable bonds is 8. The van der Waals surface area contributed by atoms with Crippen molar-refractivity contribution >= 4 is 21.7 Å². The largest absolute Gasteiger partial charge is 0.494 e. The molecule has 1 N–H and O–H groups in total. The minimum absolute atomic E-state index is 0.0219. The zero-order valence-corrected chi connectivity index (χ0v) is 17.0. The number of amides is 2. The first-order chi connectivity index (χ1) is 13.3. The van der Waals surface area contributed by atoms with Crippen LogP contribution in [0.4, 0.5) is 0 Å². The first-order valence-electron chi connectivity index (χ1n) is 9.81. The van der Waals surface area contributed by atoms with Crippen molar-refractivity contribution in [3.8, 4) is 5.75 Å². The average Bonchev–Trinajstić information content (AvgIpc) is 3.21. The molecule has 0 radical (unpaired) electrons. The van der Waals surface area contributed by atoms with Crippen molar-refractivity contribution in [2.75, 3.05) is 31.2 Å². The summed E-state index contributed by atoms with van der Waals surface area (Å²) in [5, 5.41) is 2.89. The van der Waals surface area contributed by atoms with E-state index in [1.54, 1.807) is 4.90 Å². The molecular formula is C20H28N2O5S. The van der Waals surface area contributed by atoms with Gasteiger partial charge in [0.1, 0.15) is 5.75 Å². The Morgan fingerprint density at radius 3 is 2.68 bits per heavy atom. The monoisotopic (exact) mass is 408 g/mol. The van der Waals surface area contributed by atoms with E-state index in [0.29, 0.717) is 26.1 Å². The molecule has 2 amide bonds. The predicted molar refractivity (Wildman–Crippen MR) is 106 cm³/mol. The zero-order valence-electron chi connectivity index (χ0n) is 16.2. The highest BCUT2D eigenvalue weighted by Crippen LogP contribution is 2.26. The van der Waals surface area contributed by atoms with Crippen LogP contribution in [0.5, 0.6) is 5.75 Å². The van der Waals surface area contributed by atoms with Crippen LogP contribution in [0.3, 0.4) is 0 Å². The summed E-state index contributed by atoms with van der Waals surface area (Å²) < 4.78 is 28.9. The van der Waals surface area contributed by atoms with Gasteiger partial charge in [0.2, 0.25) is 11.8 Å². The van der Waals surface area contributed by atoms with Gasteiger partial charge in [0.05, 0.1) is 24.0 Å². The number of carbonyl (C=O) groups is 2. The number of benzene rings is 1. The molecule has 0 spiro atoms. The van der Waals surface area contributed by atoms with Gasteiger partial charge in [-0.25, -0.2) is 8.42 Å². The normalized spacial score (nSPS) is 23.8. The van der Waals surface area contributed by atoms with Gasteiger partial charge in [-0.05, 0) is 38.3 Å². The fourth-order valence-electron chi connectivity index (χ4n) is 3.69. The number of sulfone groups is 1. The van der Waals surface area contributed by atoms with Crippen LogP contribution in [0.2, 0.25) is 0 Å². The summed E-state index contributed by atoms with van der Waals surface area (Å²) in [7, 11) is -3.05. The van der Waals surface area contributed by atoms with Crippen molar-refractivity contribution in [3.63, 3.8) is 0 Å². The lowest BCUT2D eigenvalue weighted by Crippen LogP contribution is -2.39. The minimum Gasteiger partial charge on any atom is -0.494 e. The highest BCUT2D eigenvalue weighted by molar-refractivity contribution is 7.91. The zero-order chi connectivity index (χ0) is 20.1. The topological polar surface area (TPSA) is 92.8 Å². The second-order valence-electron chi connectivity index (χ2n) is 7.66. The Hall–Kier alpha value is -2.09. The number of hydrogen-bond acceptors (Lipinski definition) is 5. The summed E-state index contributed by atoms with van der Waals surface area (Å²) in [6.07, 6.45) is 2.26. The molecule has 0 aliphatic carbocycles. The summed E-state index contributed by atoms with van der Waals surface area (Å²) >= 11 is 0. The van der Waals surface area contributed by atoms with Gasteiger partial charge in [-0.3, -0.25) is 9.59 Å². The van der Waals surface area contributed by atoms with Gasteiger partial charge < -0.3 is 15.0 Å². The molecule has 2 aliphatic heterocycles. The van der Waals surface area contributed by atoms with Gasteiger partial charge in [-0.2, -0.15) is 0 Å². The summed E-state index contributed by atoms with van der Waals surface area (Å²) in [6, 6.07) is 7.62. The Labute approximate surface area is 166 Å². The lowest BCUT2D eigenvalue weighted by atomic mass is 10.1. The van der Waals surface area contributed by atoms with Crippen molar-refractivity contribution in [2.45, 2.75) is 38.6 Å². The van der Waals surface area contributed by atoms with Crippen LogP contribution in [-0.2, 0) is 19.4 Å². The molecule has 2 aliphatic rings. The number of carbonyl (C=O) groups excluding carboxylic acids is 2. The molecule has 2 atom stereocenters. The van der Waals surface area contributed by atoms with Gasteiger partial charge in [0.15, 0.2) is 9.84 Å². The summed E-state index contributed by atoms with van der Waals surface area (Å²) in [5.41, 5.74) is 1.19. The average molecular weight is 409 g/mol. The van der Waals surface area contributed by atoms with E-state index >= 15 is 0 Å². The SMILES string of the molecule is Cc1ccc(OCCCCNC(=O)C2CC(=O)N(C3CCS(=O)(=O)C3)C2)cc1. The van der Waals surface area contributed by atoms with Crippen molar-refractivity contribution in [1.82, 2.24) is 10.2 Å². The second-order valence-corrected chi connectivity index (χ2v) is 9.89. The molecule has 2 fully saturated rings. The Morgan fingerprint density at radius 2 is 2.00 bits per heavy atom. The molecule has 2 saturated heterocycles. The number of aryl methyl sites for hydroxylation is 1. The van der Waals surface area contributed by atoms with Crippen LogP contribution in [-0.4, -0.2) is 62.4 Å². The predicted octanol–water partition coefficient (Wildman–Crippen LogP) is 1.31. The van der Waals surface area contributed by atoms with E-state index in [-0.39, 0.29) is 41.7 Å². The lowest BCUT2D eigenvalue weighted by molar-refractivity contribution is -0.130. The number of likely N-dealkylation sites (tertiary alicyclic amines) is 1. The van der Waals surface area contributed by atoms with Crippen LogP contribution in [0.1, 0.15) is 31.2 Å². The number of hydrogen-bond donors (Lipinski definition) is 1. The van der Waals surface area contributed by atoms with Crippen molar-refractivity contribution in [1.29, 1.82) is 0 Å². The van der Waals surface area contributed by atoms with Crippen LogP contribution in [0.15, 0.2) is 24.3 Å². The van der Waals surface area contributed by atoms with E-state index in [0.717, 1.165) is 18.6 Å². The van der Waals surface area contributed by atoms with Gasteiger partial charge in [0, 0.05) is 25.6 Å². The summed E-state index contributed by atoms with van der Waals surface area (Å²) in [6.45, 7) is 3.48. The van der Waals surface area contributed by atoms with E-state index in [1.807, 2.05) is 31.2 Å². The van der Waals surface area contributed by atoms with Gasteiger partial charge in [-0.15, -0.1) is 0 Å². The molecule has 2 unspecified atom stereocenters. The highest BCUT2D eigenvalue weighted by Gasteiger charge is 2.41. The Bertz CT molecular complexity index is 806. The van der Waals surface area contributed by atoms with Gasteiger partial charge in [-0.1, -0.05) is 17.7 Å². The van der Waals surface area contributed by atoms with E-state index in [9.17, 15) is 18.0 Å². The molecule has 28 heavy (non-hydrogen) atoms. The molecule has 0 saturated carbocycles. The third-order valence-electron chi connectivity index (χ3n) is 5.34. The number of nitrogens with zero attached hydrogens (tertiary/aromatic N) is 1. The van der Waals surface area contributed by atoms with Crippen LogP contribution < -0.4 is 10.1 Å². The van der Waals surface area contributed by atoms with Gasteiger partial charge >= 0.3 is 0 Å². The summed E-state index contributed by atoms with van der Waals surface area (Å²) in [5.74, 6) is 0.356. The maximum atomic E-state index is 12.3. The van der Waals surface area contributed by atoms with E-state index in [4.69, 9.17) is 4.74 Å². The van der Waals surface area contributed by atoms with E-state index in [1.165, 1.54) is 5.56 Å². The molecule has 7 nitrogen and oxygen atoms in total. The van der Waals surface area contributed by atoms with E-state index in [2.05, 4.69) is 5.32 Å². The maximum absolute atomic E-state index is 12.3. The fourth-order valence-corrected chi connectivity index (χ4v) is 5.42. The number of ether oxygens (including phenoxy) is 1. The van der Waals surface area contributed by atoms with Crippen LogP contribution in [0, 0.1) is 12.8 Å². The van der Waals surface area contributed by atoms with Crippen LogP contribution >= 0.6 is 0 Å². The molecule has 0 bridgehead atoms. The third-order valence-corrected chi connectivity index (χ3v) is 7.09. The molecular weight excluding hydrogens is 380 g/mol. The van der Waals surface area contributed by atoms with E-state index < -0.39 is 9.84 Å². The van der Waals surface area contributed by atoms with Crippen molar-refractivity contribution in [3.05, 3.63) is 29.8 Å². The first-order valence-corrected chi connectivity index (χ1v) is 11.6. The van der Waals surface area contributed by atoms with Crippen molar-refractivity contribution in [2.24, 2.45) is 5.92 Å². The number of unbranched alkanes of at least 4 members (excludes halogenated alkanes) is 1. The molecule has 0 aromatic heterocycles. The molecule has 1 aromatic carbocycles. The smallest absolute Gasteiger partial charge is 0.225 e. The van der Waals surface area contributed by atoms with Crippen molar-refractivity contribution < 1.29 is 22.7 Å². The maximum Gasteiger partial charge on any atom is 0.225 e. The standard InChI is InChI=1S/C20H28N2O5S/c1-15-4-6-18(7-5-15)27-10-3-2-9-21-20(24)16-12-19(23)22(13-16)17-8-11-28(25,26)14-17/h4-7,16-17H,2-3,8-14H2,1H3,(H,21,24). The van der Waals surface area contributed by atoms with Crippen LogP contribution in [0.25, 0.3) is 0 Å². The molecule has 3 rings (SSSR count). The Morgan fingerprint density at radius 1 is 1.25 bits per heavy atom. The molecule has 154 valence electrons. The molecule has 8 heteroatoms. The minimum atomic E-state index is -3.05. The third kappa shape index (κ3) is 5.47. The fraction of sp³-hybridized carbons (Fsp3) is 0.600. The molecule has 1 aromatic rings. The summed E-state index contributed by atoms with van der Waals surface area (Å²) in [4.78, 5) is 26.1. The quantitative estimate of drug-likeness (QED) is 0.655. The first kappa shape index (κ1) is 20.6. The second kappa shape index (κ2) is 8.94. The molecule has 2 heterocycles. The number of nitrogens with one attached hydrogen (secondary N) is 1.